The minimum atomic E-state index is -0.153. The first-order chi connectivity index (χ1) is 12.2. The average molecular weight is 471 g/mol. The van der Waals surface area contributed by atoms with E-state index in [9.17, 15) is 0 Å². The van der Waals surface area contributed by atoms with Crippen molar-refractivity contribution >= 4 is 0 Å². The molecule has 2 atom stereocenters. The Bertz CT molecular complexity index is 567. The lowest BCUT2D eigenvalue weighted by Crippen LogP contribution is -3.00. The van der Waals surface area contributed by atoms with Crippen LogP contribution in [0, 0.1) is 0 Å². The molecule has 3 fully saturated rings. The molecule has 3 nitrogen and oxygen atoms in total. The van der Waals surface area contributed by atoms with Crippen LogP contribution < -0.4 is 24.0 Å². The Morgan fingerprint density at radius 1 is 0.923 bits per heavy atom. The van der Waals surface area contributed by atoms with Gasteiger partial charge in [-0.3, -0.25) is 0 Å². The molecule has 0 spiro atoms. The van der Waals surface area contributed by atoms with E-state index in [1.54, 1.807) is 0 Å². The van der Waals surface area contributed by atoms with Crippen LogP contribution in [-0.4, -0.2) is 43.9 Å². The molecule has 26 heavy (non-hydrogen) atoms. The molecular weight excluding hydrogens is 437 g/mol. The van der Waals surface area contributed by atoms with Gasteiger partial charge in [-0.25, -0.2) is 0 Å². The SMILES string of the molecule is C[N+]1(CC2COC(c3ccccc3C3CCCCC3)O2)CCCCC1.[I-]. The number of rotatable bonds is 4. The van der Waals surface area contributed by atoms with Crippen LogP contribution in [0.1, 0.15) is 74.7 Å². The van der Waals surface area contributed by atoms with Crippen LogP contribution in [0.2, 0.25) is 0 Å². The molecule has 3 aliphatic rings. The van der Waals surface area contributed by atoms with Crippen molar-refractivity contribution < 1.29 is 37.9 Å². The highest BCUT2D eigenvalue weighted by molar-refractivity contribution is 5.32. The molecule has 0 bridgehead atoms. The van der Waals surface area contributed by atoms with Crippen molar-refractivity contribution in [2.45, 2.75) is 69.7 Å². The van der Waals surface area contributed by atoms with Crippen LogP contribution in [-0.2, 0) is 9.47 Å². The summed E-state index contributed by atoms with van der Waals surface area (Å²) in [5.41, 5.74) is 2.77. The van der Waals surface area contributed by atoms with Gasteiger partial charge in [-0.2, -0.15) is 0 Å². The Labute approximate surface area is 176 Å². The molecule has 1 aliphatic carbocycles. The standard InChI is InChI=1S/C22H34NO2.HI/c1-23(14-8-3-9-15-23)16-19-17-24-22(25-19)21-13-7-6-12-20(21)18-10-4-2-5-11-18;/h6-7,12-13,18-19,22H,2-5,8-11,14-17H2,1H3;1H/q+1;/p-1. The molecule has 2 aliphatic heterocycles. The minimum Gasteiger partial charge on any atom is -1.00 e. The third-order valence-electron chi connectivity index (χ3n) is 6.58. The van der Waals surface area contributed by atoms with Crippen LogP contribution >= 0.6 is 0 Å². The molecule has 2 heterocycles. The molecule has 2 unspecified atom stereocenters. The molecule has 0 radical (unpaired) electrons. The summed E-state index contributed by atoms with van der Waals surface area (Å²) in [5.74, 6) is 0.697. The molecular formula is C22H34INO2. The van der Waals surface area contributed by atoms with Gasteiger partial charge < -0.3 is 37.9 Å². The molecule has 4 rings (SSSR count). The van der Waals surface area contributed by atoms with E-state index in [0.29, 0.717) is 5.92 Å². The molecule has 1 aromatic carbocycles. The van der Waals surface area contributed by atoms with Crippen molar-refractivity contribution in [3.63, 3.8) is 0 Å². The number of halogens is 1. The predicted molar refractivity (Wildman–Crippen MR) is 100 cm³/mol. The van der Waals surface area contributed by atoms with E-state index in [-0.39, 0.29) is 36.4 Å². The molecule has 1 aromatic rings. The highest BCUT2D eigenvalue weighted by atomic mass is 127. The van der Waals surface area contributed by atoms with E-state index in [1.807, 2.05) is 0 Å². The number of nitrogens with zero attached hydrogens (tertiary/aromatic N) is 1. The molecule has 0 N–H and O–H groups in total. The highest BCUT2D eigenvalue weighted by Crippen LogP contribution is 2.39. The van der Waals surface area contributed by atoms with Gasteiger partial charge in [-0.1, -0.05) is 43.5 Å². The Balaban J connectivity index is 0.00000196. The number of piperidine rings is 1. The summed E-state index contributed by atoms with van der Waals surface area (Å²) >= 11 is 0. The first-order valence-electron chi connectivity index (χ1n) is 10.4. The highest BCUT2D eigenvalue weighted by Gasteiger charge is 2.36. The van der Waals surface area contributed by atoms with Crippen molar-refractivity contribution in [1.29, 1.82) is 0 Å². The fraction of sp³-hybridized carbons (Fsp3) is 0.727. The third kappa shape index (κ3) is 4.81. The topological polar surface area (TPSA) is 18.5 Å². The lowest BCUT2D eigenvalue weighted by molar-refractivity contribution is -0.916. The van der Waals surface area contributed by atoms with E-state index in [2.05, 4.69) is 31.3 Å². The van der Waals surface area contributed by atoms with Gasteiger partial charge in [0, 0.05) is 5.56 Å². The summed E-state index contributed by atoms with van der Waals surface area (Å²) in [7, 11) is 2.39. The van der Waals surface area contributed by atoms with Crippen molar-refractivity contribution in [1.82, 2.24) is 0 Å². The summed E-state index contributed by atoms with van der Waals surface area (Å²) in [6.07, 6.45) is 11.0. The zero-order chi connectivity index (χ0) is 17.1. The Kier molecular flexibility index (Phi) is 7.40. The van der Waals surface area contributed by atoms with E-state index in [4.69, 9.17) is 9.47 Å². The monoisotopic (exact) mass is 471 g/mol. The lowest BCUT2D eigenvalue weighted by atomic mass is 9.82. The normalized spacial score (nSPS) is 29.3. The van der Waals surface area contributed by atoms with E-state index in [1.165, 1.54) is 75.6 Å². The van der Waals surface area contributed by atoms with Gasteiger partial charge >= 0.3 is 0 Å². The first-order valence-corrected chi connectivity index (χ1v) is 10.4. The Morgan fingerprint density at radius 3 is 2.31 bits per heavy atom. The van der Waals surface area contributed by atoms with Crippen molar-refractivity contribution in [3.05, 3.63) is 35.4 Å². The number of quaternary nitrogens is 1. The molecule has 4 heteroatoms. The van der Waals surface area contributed by atoms with Crippen LogP contribution in [0.25, 0.3) is 0 Å². The predicted octanol–water partition coefficient (Wildman–Crippen LogP) is 1.78. The number of benzene rings is 1. The number of hydrogen-bond donors (Lipinski definition) is 0. The van der Waals surface area contributed by atoms with Crippen molar-refractivity contribution in [2.75, 3.05) is 33.3 Å². The zero-order valence-electron chi connectivity index (χ0n) is 16.2. The van der Waals surface area contributed by atoms with Gasteiger partial charge in [0.25, 0.3) is 0 Å². The van der Waals surface area contributed by atoms with Gasteiger partial charge in [-0.05, 0) is 43.6 Å². The first kappa shape index (κ1) is 20.6. The van der Waals surface area contributed by atoms with Gasteiger partial charge in [0.1, 0.15) is 12.6 Å². The van der Waals surface area contributed by atoms with E-state index < -0.39 is 0 Å². The maximum Gasteiger partial charge on any atom is 0.184 e. The van der Waals surface area contributed by atoms with Crippen molar-refractivity contribution in [3.8, 4) is 0 Å². The zero-order valence-corrected chi connectivity index (χ0v) is 18.3. The lowest BCUT2D eigenvalue weighted by Gasteiger charge is -2.39. The summed E-state index contributed by atoms with van der Waals surface area (Å²) in [5, 5.41) is 0. The second-order valence-electron chi connectivity index (χ2n) is 8.70. The van der Waals surface area contributed by atoms with Gasteiger partial charge in [0.15, 0.2) is 6.29 Å². The largest absolute Gasteiger partial charge is 1.00 e. The molecule has 2 saturated heterocycles. The average Bonchev–Trinajstić information content (AvgIpc) is 3.11. The van der Waals surface area contributed by atoms with Crippen LogP contribution in [0.3, 0.4) is 0 Å². The quantitative estimate of drug-likeness (QED) is 0.493. The number of likely N-dealkylation sites (N-methyl/N-ethyl adjacent to an activating group) is 1. The Hall–Kier alpha value is -0.170. The number of likely N-dealkylation sites (tertiary alicyclic amines) is 1. The van der Waals surface area contributed by atoms with E-state index in [0.717, 1.165) is 17.6 Å². The summed E-state index contributed by atoms with van der Waals surface area (Å²) in [4.78, 5) is 0. The van der Waals surface area contributed by atoms with Gasteiger partial charge in [0.2, 0.25) is 0 Å². The fourth-order valence-corrected chi connectivity index (χ4v) is 5.17. The van der Waals surface area contributed by atoms with Crippen LogP contribution in [0.15, 0.2) is 24.3 Å². The molecule has 146 valence electrons. The third-order valence-corrected chi connectivity index (χ3v) is 6.58. The summed E-state index contributed by atoms with van der Waals surface area (Å²) in [6.45, 7) is 4.44. The second-order valence-corrected chi connectivity index (χ2v) is 8.70. The van der Waals surface area contributed by atoms with Gasteiger partial charge in [0.05, 0.1) is 26.7 Å². The summed E-state index contributed by atoms with van der Waals surface area (Å²) < 4.78 is 13.7. The second kappa shape index (κ2) is 9.35. The number of hydrogen-bond acceptors (Lipinski definition) is 2. The van der Waals surface area contributed by atoms with Gasteiger partial charge in [-0.15, -0.1) is 0 Å². The molecule has 0 aromatic heterocycles. The van der Waals surface area contributed by atoms with Crippen LogP contribution in [0.5, 0.6) is 0 Å². The van der Waals surface area contributed by atoms with Crippen LogP contribution in [0.4, 0.5) is 0 Å². The smallest absolute Gasteiger partial charge is 0.184 e. The Morgan fingerprint density at radius 2 is 1.58 bits per heavy atom. The van der Waals surface area contributed by atoms with Crippen molar-refractivity contribution in [2.24, 2.45) is 0 Å². The molecule has 0 amide bonds. The minimum absolute atomic E-state index is 0. The maximum atomic E-state index is 6.41. The summed E-state index contributed by atoms with van der Waals surface area (Å²) in [6, 6.07) is 8.86. The van der Waals surface area contributed by atoms with E-state index >= 15 is 0 Å². The maximum absolute atomic E-state index is 6.41. The molecule has 1 saturated carbocycles. The number of ether oxygens (including phenoxy) is 2. The fourth-order valence-electron chi connectivity index (χ4n) is 5.17.